The number of nitrogens with zero attached hydrogens (tertiary/aromatic N) is 3. The van der Waals surface area contributed by atoms with Crippen molar-refractivity contribution in [2.45, 2.75) is 18.9 Å². The number of ether oxygens (including phenoxy) is 1. The summed E-state index contributed by atoms with van der Waals surface area (Å²) in [6, 6.07) is 5.34. The second-order valence-electron chi connectivity index (χ2n) is 6.29. The molecule has 2 fully saturated rings. The second-order valence-corrected chi connectivity index (χ2v) is 7.96. The van der Waals surface area contributed by atoms with E-state index in [9.17, 15) is 9.59 Å². The van der Waals surface area contributed by atoms with E-state index in [2.05, 4.69) is 10.3 Å². The minimum Gasteiger partial charge on any atom is -0.376 e. The van der Waals surface area contributed by atoms with Crippen molar-refractivity contribution in [1.29, 1.82) is 0 Å². The Labute approximate surface area is 165 Å². The van der Waals surface area contributed by atoms with Crippen molar-refractivity contribution >= 4 is 51.7 Å². The van der Waals surface area contributed by atoms with E-state index < -0.39 is 0 Å². The number of carbonyl (C=O) groups is 1. The maximum atomic E-state index is 12.9. The molecule has 1 atom stereocenters. The quantitative estimate of drug-likeness (QED) is 0.620. The van der Waals surface area contributed by atoms with Crippen molar-refractivity contribution in [2.75, 3.05) is 25.5 Å². The zero-order valence-corrected chi connectivity index (χ0v) is 16.3. The number of aromatic nitrogens is 2. The van der Waals surface area contributed by atoms with Gasteiger partial charge in [0.25, 0.3) is 11.5 Å². The van der Waals surface area contributed by atoms with E-state index >= 15 is 0 Å². The van der Waals surface area contributed by atoms with Gasteiger partial charge in [-0.05, 0) is 31.1 Å². The molecule has 0 radical (unpaired) electrons. The van der Waals surface area contributed by atoms with Crippen LogP contribution in [0.1, 0.15) is 18.4 Å². The Kier molecular flexibility index (Phi) is 4.98. The van der Waals surface area contributed by atoms with E-state index in [0.29, 0.717) is 32.8 Å². The third kappa shape index (κ3) is 3.38. The lowest BCUT2D eigenvalue weighted by atomic mass is 10.2. The molecule has 27 heavy (non-hydrogen) atoms. The Bertz CT molecular complexity index is 1010. The minimum absolute atomic E-state index is 0.0210. The summed E-state index contributed by atoms with van der Waals surface area (Å²) in [5.41, 5.74) is 0.628. The van der Waals surface area contributed by atoms with Gasteiger partial charge in [0.05, 0.1) is 23.1 Å². The highest BCUT2D eigenvalue weighted by Crippen LogP contribution is 2.33. The summed E-state index contributed by atoms with van der Waals surface area (Å²) in [5.74, 6) is 0.232. The molecule has 2 aliphatic heterocycles. The fourth-order valence-electron chi connectivity index (χ4n) is 3.20. The molecule has 2 saturated heterocycles. The number of thioether (sulfide) groups is 1. The van der Waals surface area contributed by atoms with Crippen LogP contribution in [0.15, 0.2) is 34.1 Å². The zero-order valence-electron chi connectivity index (χ0n) is 14.7. The monoisotopic (exact) mass is 402 g/mol. The molecule has 4 rings (SSSR count). The fourth-order valence-corrected chi connectivity index (χ4v) is 4.46. The van der Waals surface area contributed by atoms with Crippen molar-refractivity contribution < 1.29 is 9.53 Å². The smallest absolute Gasteiger partial charge is 0.267 e. The average molecular weight is 403 g/mol. The molecule has 2 aliphatic rings. The highest BCUT2D eigenvalue weighted by molar-refractivity contribution is 8.26. The molecular formula is C18H18N4O3S2. The predicted octanol–water partition coefficient (Wildman–Crippen LogP) is 2.12. The summed E-state index contributed by atoms with van der Waals surface area (Å²) in [4.78, 5) is 32.2. The van der Waals surface area contributed by atoms with E-state index in [0.717, 1.165) is 19.4 Å². The van der Waals surface area contributed by atoms with E-state index in [-0.39, 0.29) is 17.6 Å². The fraction of sp³-hybridized carbons (Fsp3) is 0.333. The number of fused-ring (bicyclic) bond motifs is 1. The van der Waals surface area contributed by atoms with Crippen LogP contribution in [-0.2, 0) is 9.53 Å². The third-order valence-electron chi connectivity index (χ3n) is 4.57. The Morgan fingerprint density at radius 2 is 2.30 bits per heavy atom. The van der Waals surface area contributed by atoms with Crippen molar-refractivity contribution in [3.05, 3.63) is 45.2 Å². The maximum absolute atomic E-state index is 12.9. The molecular weight excluding hydrogens is 384 g/mol. The number of amides is 1. The summed E-state index contributed by atoms with van der Waals surface area (Å²) >= 11 is 6.58. The molecule has 1 unspecified atom stereocenters. The molecule has 0 saturated carbocycles. The van der Waals surface area contributed by atoms with Crippen molar-refractivity contribution in [1.82, 2.24) is 14.3 Å². The first-order valence-corrected chi connectivity index (χ1v) is 9.87. The Morgan fingerprint density at radius 3 is 3.04 bits per heavy atom. The zero-order chi connectivity index (χ0) is 19.0. The summed E-state index contributed by atoms with van der Waals surface area (Å²) in [6.07, 6.45) is 5.18. The van der Waals surface area contributed by atoms with Gasteiger partial charge in [-0.1, -0.05) is 30.0 Å². The lowest BCUT2D eigenvalue weighted by Crippen LogP contribution is -2.35. The van der Waals surface area contributed by atoms with E-state index in [1.165, 1.54) is 16.2 Å². The Balaban J connectivity index is 1.71. The van der Waals surface area contributed by atoms with Crippen molar-refractivity contribution in [3.63, 3.8) is 0 Å². The summed E-state index contributed by atoms with van der Waals surface area (Å²) in [5, 5.41) is 2.94. The van der Waals surface area contributed by atoms with Crippen LogP contribution < -0.4 is 10.9 Å². The van der Waals surface area contributed by atoms with Crippen LogP contribution in [0.2, 0.25) is 0 Å². The highest BCUT2D eigenvalue weighted by Gasteiger charge is 2.35. The number of hydrogen-bond donors (Lipinski definition) is 1. The van der Waals surface area contributed by atoms with Gasteiger partial charge in [0, 0.05) is 19.9 Å². The highest BCUT2D eigenvalue weighted by atomic mass is 32.2. The number of rotatable bonds is 4. The first-order valence-electron chi connectivity index (χ1n) is 8.64. The van der Waals surface area contributed by atoms with Gasteiger partial charge >= 0.3 is 0 Å². The lowest BCUT2D eigenvalue weighted by molar-refractivity contribution is -0.123. The number of anilines is 1. The van der Waals surface area contributed by atoms with Crippen LogP contribution in [0.5, 0.6) is 0 Å². The topological polar surface area (TPSA) is 75.9 Å². The van der Waals surface area contributed by atoms with Gasteiger partial charge in [0.1, 0.15) is 15.8 Å². The van der Waals surface area contributed by atoms with Gasteiger partial charge in [-0.2, -0.15) is 0 Å². The van der Waals surface area contributed by atoms with Crippen molar-refractivity contribution in [2.24, 2.45) is 0 Å². The molecule has 9 heteroatoms. The summed E-state index contributed by atoms with van der Waals surface area (Å²) in [6.45, 7) is 1.18. The SMILES string of the molecule is CNc1nc2ccccn2c(=O)c1/C=C1\SC(=S)N(CC2CCCO2)C1=O. The van der Waals surface area contributed by atoms with Gasteiger partial charge in [-0.25, -0.2) is 4.98 Å². The van der Waals surface area contributed by atoms with E-state index in [4.69, 9.17) is 17.0 Å². The van der Waals surface area contributed by atoms with Crippen LogP contribution in [0.3, 0.4) is 0 Å². The number of pyridine rings is 1. The minimum atomic E-state index is -0.241. The molecule has 7 nitrogen and oxygen atoms in total. The first-order chi connectivity index (χ1) is 13.1. The summed E-state index contributed by atoms with van der Waals surface area (Å²) < 4.78 is 7.56. The van der Waals surface area contributed by atoms with E-state index in [1.807, 2.05) is 6.07 Å². The molecule has 0 spiro atoms. The predicted molar refractivity (Wildman–Crippen MR) is 110 cm³/mol. The van der Waals surface area contributed by atoms with E-state index in [1.54, 1.807) is 36.4 Å². The molecule has 140 valence electrons. The third-order valence-corrected chi connectivity index (χ3v) is 5.94. The van der Waals surface area contributed by atoms with Gasteiger partial charge in [-0.3, -0.25) is 18.9 Å². The lowest BCUT2D eigenvalue weighted by Gasteiger charge is -2.18. The number of thiocarbonyl (C=S) groups is 1. The molecule has 1 amide bonds. The first kappa shape index (κ1) is 18.1. The van der Waals surface area contributed by atoms with Crippen LogP contribution in [0, 0.1) is 0 Å². The van der Waals surface area contributed by atoms with Gasteiger partial charge in [0.2, 0.25) is 0 Å². The van der Waals surface area contributed by atoms with Gasteiger partial charge in [0.15, 0.2) is 0 Å². The van der Waals surface area contributed by atoms with Crippen molar-refractivity contribution in [3.8, 4) is 0 Å². The summed E-state index contributed by atoms with van der Waals surface area (Å²) in [7, 11) is 1.70. The molecule has 0 aromatic carbocycles. The average Bonchev–Trinajstić information content (AvgIpc) is 3.28. The molecule has 4 heterocycles. The van der Waals surface area contributed by atoms with Crippen LogP contribution in [-0.4, -0.2) is 50.8 Å². The maximum Gasteiger partial charge on any atom is 0.267 e. The number of carbonyl (C=O) groups excluding carboxylic acids is 1. The molecule has 2 aromatic rings. The molecule has 0 bridgehead atoms. The number of hydrogen-bond acceptors (Lipinski definition) is 7. The normalized spacial score (nSPS) is 21.6. The van der Waals surface area contributed by atoms with Crippen LogP contribution in [0.25, 0.3) is 11.7 Å². The largest absolute Gasteiger partial charge is 0.376 e. The van der Waals surface area contributed by atoms with Gasteiger partial charge < -0.3 is 10.1 Å². The number of nitrogens with one attached hydrogen (secondary N) is 1. The van der Waals surface area contributed by atoms with Crippen LogP contribution in [0.4, 0.5) is 5.82 Å². The second kappa shape index (κ2) is 7.41. The molecule has 0 aliphatic carbocycles. The Morgan fingerprint density at radius 1 is 1.44 bits per heavy atom. The standard InChI is InChI=1S/C18H18N4O3S2/c1-19-15-12(16(23)21-7-3-2-6-14(21)20-15)9-13-17(24)22(18(26)27-13)10-11-5-4-8-25-11/h2-3,6-7,9,11,19H,4-5,8,10H2,1H3/b13-9-. The van der Waals surface area contributed by atoms with Crippen LogP contribution >= 0.6 is 24.0 Å². The molecule has 1 N–H and O–H groups in total. The molecule has 2 aromatic heterocycles. The Hall–Kier alpha value is -2.23. The van der Waals surface area contributed by atoms with Gasteiger partial charge in [-0.15, -0.1) is 0 Å².